The van der Waals surface area contributed by atoms with Gasteiger partial charge in [-0.25, -0.2) is 9.97 Å². The Labute approximate surface area is 108 Å². The minimum atomic E-state index is -0.606. The number of aliphatic hydroxyl groups is 1. The summed E-state index contributed by atoms with van der Waals surface area (Å²) in [6.45, 7) is 9.28. The van der Waals surface area contributed by atoms with E-state index in [-0.39, 0.29) is 0 Å². The molecule has 1 saturated heterocycles. The van der Waals surface area contributed by atoms with Crippen LogP contribution in [0.5, 0.6) is 0 Å². The number of hydrogen-bond donors (Lipinski definition) is 1. The lowest BCUT2D eigenvalue weighted by Gasteiger charge is -2.36. The summed E-state index contributed by atoms with van der Waals surface area (Å²) in [5.41, 5.74) is -0.606. The fourth-order valence-corrected chi connectivity index (χ4v) is 2.26. The number of β-amino-alcohol motifs (C(OH)–C–C–N with tert-alkyl or cyclic N) is 1. The van der Waals surface area contributed by atoms with Gasteiger partial charge in [0.1, 0.15) is 5.82 Å². The topological polar surface area (TPSA) is 52.5 Å². The molecule has 5 nitrogen and oxygen atoms in total. The molecule has 1 aromatic heterocycles. The van der Waals surface area contributed by atoms with Crippen molar-refractivity contribution in [1.29, 1.82) is 0 Å². The van der Waals surface area contributed by atoms with E-state index < -0.39 is 5.60 Å². The average molecular weight is 250 g/mol. The monoisotopic (exact) mass is 250 g/mol. The van der Waals surface area contributed by atoms with Gasteiger partial charge in [0.15, 0.2) is 0 Å². The average Bonchev–Trinajstić information content (AvgIpc) is 2.31. The van der Waals surface area contributed by atoms with Crippen LogP contribution >= 0.6 is 0 Å². The largest absolute Gasteiger partial charge is 0.389 e. The van der Waals surface area contributed by atoms with Crippen molar-refractivity contribution in [3.63, 3.8) is 0 Å². The van der Waals surface area contributed by atoms with Crippen molar-refractivity contribution in [3.8, 4) is 0 Å². The number of aromatic nitrogens is 2. The van der Waals surface area contributed by atoms with E-state index >= 15 is 0 Å². The predicted molar refractivity (Wildman–Crippen MR) is 70.0 cm³/mol. The first-order chi connectivity index (χ1) is 8.53. The number of piperazine rings is 1. The third kappa shape index (κ3) is 4.33. The Balaban J connectivity index is 1.77. The zero-order chi connectivity index (χ0) is 13.0. The summed E-state index contributed by atoms with van der Waals surface area (Å²) < 4.78 is 0. The third-order valence-electron chi connectivity index (χ3n) is 3.06. The van der Waals surface area contributed by atoms with E-state index in [1.807, 2.05) is 19.9 Å². The van der Waals surface area contributed by atoms with E-state index in [2.05, 4.69) is 19.8 Å². The molecule has 2 heterocycles. The SMILES string of the molecule is CC(C)(O)CN1CCN(Cc2ncccn2)CC1. The molecule has 1 fully saturated rings. The second kappa shape index (κ2) is 5.73. The molecule has 0 spiro atoms. The Morgan fingerprint density at radius 2 is 1.67 bits per heavy atom. The highest BCUT2D eigenvalue weighted by atomic mass is 16.3. The standard InChI is InChI=1S/C13H22N4O/c1-13(2,18)11-17-8-6-16(7-9-17)10-12-14-4-3-5-15-12/h3-5,18H,6-11H2,1-2H3. The van der Waals surface area contributed by atoms with E-state index in [9.17, 15) is 5.11 Å². The Morgan fingerprint density at radius 3 is 2.22 bits per heavy atom. The Morgan fingerprint density at radius 1 is 1.11 bits per heavy atom. The highest BCUT2D eigenvalue weighted by Gasteiger charge is 2.22. The van der Waals surface area contributed by atoms with Crippen molar-refractivity contribution >= 4 is 0 Å². The fraction of sp³-hybridized carbons (Fsp3) is 0.692. The molecule has 1 aliphatic heterocycles. The van der Waals surface area contributed by atoms with Gasteiger partial charge in [0.05, 0.1) is 12.1 Å². The van der Waals surface area contributed by atoms with Crippen LogP contribution in [0.2, 0.25) is 0 Å². The minimum absolute atomic E-state index is 0.606. The molecule has 0 atom stereocenters. The van der Waals surface area contributed by atoms with Gasteiger partial charge >= 0.3 is 0 Å². The first-order valence-corrected chi connectivity index (χ1v) is 6.46. The molecule has 0 saturated carbocycles. The van der Waals surface area contributed by atoms with Crippen molar-refractivity contribution in [2.45, 2.75) is 26.0 Å². The van der Waals surface area contributed by atoms with Gasteiger partial charge in [-0.3, -0.25) is 9.80 Å². The number of hydrogen-bond acceptors (Lipinski definition) is 5. The Bertz CT molecular complexity index is 355. The van der Waals surface area contributed by atoms with Crippen LogP contribution in [-0.2, 0) is 6.54 Å². The maximum Gasteiger partial charge on any atom is 0.142 e. The maximum absolute atomic E-state index is 9.80. The molecule has 0 unspecified atom stereocenters. The van der Waals surface area contributed by atoms with Crippen molar-refractivity contribution < 1.29 is 5.11 Å². The van der Waals surface area contributed by atoms with Crippen LogP contribution in [0.3, 0.4) is 0 Å². The van der Waals surface area contributed by atoms with Crippen LogP contribution in [0, 0.1) is 0 Å². The molecule has 0 aliphatic carbocycles. The Hall–Kier alpha value is -1.04. The molecule has 0 aromatic carbocycles. The van der Waals surface area contributed by atoms with Gasteiger partial charge in [-0.1, -0.05) is 0 Å². The molecule has 1 aliphatic rings. The van der Waals surface area contributed by atoms with Crippen LogP contribution in [0.15, 0.2) is 18.5 Å². The van der Waals surface area contributed by atoms with Gasteiger partial charge in [0.25, 0.3) is 0 Å². The fourth-order valence-electron chi connectivity index (χ4n) is 2.26. The van der Waals surface area contributed by atoms with Crippen molar-refractivity contribution in [1.82, 2.24) is 19.8 Å². The summed E-state index contributed by atoms with van der Waals surface area (Å²) in [4.78, 5) is 13.2. The lowest BCUT2D eigenvalue weighted by molar-refractivity contribution is 0.0163. The summed E-state index contributed by atoms with van der Waals surface area (Å²) in [5, 5.41) is 9.80. The molecule has 1 N–H and O–H groups in total. The lowest BCUT2D eigenvalue weighted by Crippen LogP contribution is -2.50. The zero-order valence-electron chi connectivity index (χ0n) is 11.2. The summed E-state index contributed by atoms with van der Waals surface area (Å²) >= 11 is 0. The maximum atomic E-state index is 9.80. The third-order valence-corrected chi connectivity index (χ3v) is 3.06. The second-order valence-electron chi connectivity index (χ2n) is 5.53. The molecule has 2 rings (SSSR count). The van der Waals surface area contributed by atoms with E-state index in [1.165, 1.54) is 0 Å². The predicted octanol–water partition coefficient (Wildman–Crippen LogP) is 0.365. The van der Waals surface area contributed by atoms with Gasteiger partial charge in [0.2, 0.25) is 0 Å². The second-order valence-corrected chi connectivity index (χ2v) is 5.53. The van der Waals surface area contributed by atoms with Crippen LogP contribution in [0.25, 0.3) is 0 Å². The van der Waals surface area contributed by atoms with E-state index in [4.69, 9.17) is 0 Å². The first kappa shape index (κ1) is 13.4. The molecule has 100 valence electrons. The van der Waals surface area contributed by atoms with Gasteiger partial charge in [-0.05, 0) is 19.9 Å². The van der Waals surface area contributed by atoms with Crippen LogP contribution in [0.4, 0.5) is 0 Å². The quantitative estimate of drug-likeness (QED) is 0.836. The van der Waals surface area contributed by atoms with E-state index in [0.29, 0.717) is 0 Å². The van der Waals surface area contributed by atoms with Gasteiger partial charge in [-0.15, -0.1) is 0 Å². The summed E-state index contributed by atoms with van der Waals surface area (Å²) in [7, 11) is 0. The molecule has 0 bridgehead atoms. The summed E-state index contributed by atoms with van der Waals surface area (Å²) in [5.74, 6) is 0.883. The molecule has 0 amide bonds. The van der Waals surface area contributed by atoms with Gasteiger partial charge in [-0.2, -0.15) is 0 Å². The normalized spacial score (nSPS) is 19.1. The van der Waals surface area contributed by atoms with E-state index in [1.54, 1.807) is 12.4 Å². The molecule has 5 heteroatoms. The van der Waals surface area contributed by atoms with Crippen molar-refractivity contribution in [2.75, 3.05) is 32.7 Å². The van der Waals surface area contributed by atoms with Crippen LogP contribution in [-0.4, -0.2) is 63.2 Å². The smallest absolute Gasteiger partial charge is 0.142 e. The zero-order valence-corrected chi connectivity index (χ0v) is 11.2. The highest BCUT2D eigenvalue weighted by molar-refractivity contribution is 4.89. The molecular formula is C13H22N4O. The molecular weight excluding hydrogens is 228 g/mol. The van der Waals surface area contributed by atoms with Crippen LogP contribution in [0.1, 0.15) is 19.7 Å². The number of rotatable bonds is 4. The van der Waals surface area contributed by atoms with Crippen molar-refractivity contribution in [3.05, 3.63) is 24.3 Å². The Kier molecular flexibility index (Phi) is 4.27. The summed E-state index contributed by atoms with van der Waals surface area (Å²) in [6, 6.07) is 1.84. The van der Waals surface area contributed by atoms with Crippen molar-refractivity contribution in [2.24, 2.45) is 0 Å². The number of nitrogens with zero attached hydrogens (tertiary/aromatic N) is 4. The highest BCUT2D eigenvalue weighted by Crippen LogP contribution is 2.09. The lowest BCUT2D eigenvalue weighted by atomic mass is 10.1. The molecule has 0 radical (unpaired) electrons. The van der Waals surface area contributed by atoms with Gasteiger partial charge in [0, 0.05) is 45.1 Å². The minimum Gasteiger partial charge on any atom is -0.389 e. The van der Waals surface area contributed by atoms with E-state index in [0.717, 1.165) is 45.1 Å². The summed E-state index contributed by atoms with van der Waals surface area (Å²) in [6.07, 6.45) is 3.57. The first-order valence-electron chi connectivity index (χ1n) is 6.46. The molecule has 1 aromatic rings. The van der Waals surface area contributed by atoms with Crippen LogP contribution < -0.4 is 0 Å². The molecule has 18 heavy (non-hydrogen) atoms. The van der Waals surface area contributed by atoms with Gasteiger partial charge < -0.3 is 5.11 Å².